The number of sulfonamides is 1. The van der Waals surface area contributed by atoms with Crippen LogP contribution in [0.1, 0.15) is 12.6 Å². The number of alkyl halides is 3. The van der Waals surface area contributed by atoms with Gasteiger partial charge in [-0.15, -0.1) is 24.5 Å². The van der Waals surface area contributed by atoms with E-state index >= 15 is 0 Å². The van der Waals surface area contributed by atoms with Crippen LogP contribution in [-0.4, -0.2) is 19.9 Å². The Hall–Kier alpha value is -2.53. The molecule has 0 bridgehead atoms. The van der Waals surface area contributed by atoms with Gasteiger partial charge in [-0.25, -0.2) is 8.42 Å². The zero-order valence-electron chi connectivity index (χ0n) is 13.8. The molecule has 0 saturated carbocycles. The van der Waals surface area contributed by atoms with Gasteiger partial charge in [-0.3, -0.25) is 4.72 Å². The SMILES string of the molecule is CCc1cc(-c2csc(S(=O)(=O)Nc3ccc(OC(F)(F)F)cc3)c2)on1. The molecule has 0 spiro atoms. The van der Waals surface area contributed by atoms with E-state index < -0.39 is 22.1 Å². The van der Waals surface area contributed by atoms with Crippen molar-refractivity contribution in [3.05, 3.63) is 47.5 Å². The van der Waals surface area contributed by atoms with Gasteiger partial charge in [-0.05, 0) is 36.8 Å². The van der Waals surface area contributed by atoms with E-state index in [0.29, 0.717) is 17.7 Å². The second-order valence-electron chi connectivity index (χ2n) is 5.37. The van der Waals surface area contributed by atoms with Crippen molar-refractivity contribution in [2.45, 2.75) is 23.9 Å². The van der Waals surface area contributed by atoms with Crippen LogP contribution in [0.3, 0.4) is 0 Å². The monoisotopic (exact) mass is 418 g/mol. The van der Waals surface area contributed by atoms with Crippen LogP contribution in [0.5, 0.6) is 5.75 Å². The molecule has 0 amide bonds. The first-order valence-electron chi connectivity index (χ1n) is 7.59. The summed E-state index contributed by atoms with van der Waals surface area (Å²) in [5, 5.41) is 5.48. The zero-order valence-corrected chi connectivity index (χ0v) is 15.4. The van der Waals surface area contributed by atoms with Crippen molar-refractivity contribution < 1.29 is 30.8 Å². The fourth-order valence-electron chi connectivity index (χ4n) is 2.13. The van der Waals surface area contributed by atoms with Crippen LogP contribution in [0.4, 0.5) is 18.9 Å². The zero-order chi connectivity index (χ0) is 19.7. The lowest BCUT2D eigenvalue weighted by Gasteiger charge is -2.10. The van der Waals surface area contributed by atoms with Gasteiger partial charge in [0.1, 0.15) is 9.96 Å². The smallest absolute Gasteiger partial charge is 0.406 e. The maximum Gasteiger partial charge on any atom is 0.573 e. The molecule has 0 unspecified atom stereocenters. The van der Waals surface area contributed by atoms with Gasteiger partial charge in [0, 0.05) is 22.7 Å². The summed E-state index contributed by atoms with van der Waals surface area (Å²) in [7, 11) is -3.90. The molecule has 0 aliphatic carbocycles. The Balaban J connectivity index is 1.75. The molecule has 2 aromatic heterocycles. The number of hydrogen-bond acceptors (Lipinski definition) is 6. The first kappa shape index (κ1) is 19.2. The van der Waals surface area contributed by atoms with E-state index in [1.54, 1.807) is 11.4 Å². The van der Waals surface area contributed by atoms with Gasteiger partial charge < -0.3 is 9.26 Å². The van der Waals surface area contributed by atoms with Gasteiger partial charge >= 0.3 is 6.36 Å². The van der Waals surface area contributed by atoms with Gasteiger partial charge in [0.05, 0.1) is 5.69 Å². The van der Waals surface area contributed by atoms with E-state index in [9.17, 15) is 21.6 Å². The highest BCUT2D eigenvalue weighted by atomic mass is 32.2. The van der Waals surface area contributed by atoms with E-state index in [-0.39, 0.29) is 9.90 Å². The lowest BCUT2D eigenvalue weighted by atomic mass is 10.2. The summed E-state index contributed by atoms with van der Waals surface area (Å²) in [6.07, 6.45) is -4.12. The third kappa shape index (κ3) is 4.80. The van der Waals surface area contributed by atoms with Crippen molar-refractivity contribution in [2.24, 2.45) is 0 Å². The predicted molar refractivity (Wildman–Crippen MR) is 93.1 cm³/mol. The van der Waals surface area contributed by atoms with Crippen molar-refractivity contribution in [3.63, 3.8) is 0 Å². The highest BCUT2D eigenvalue weighted by Crippen LogP contribution is 2.31. The van der Waals surface area contributed by atoms with Crippen LogP contribution in [0.15, 0.2) is 50.5 Å². The minimum absolute atomic E-state index is 0.0302. The van der Waals surface area contributed by atoms with Crippen molar-refractivity contribution >= 4 is 27.0 Å². The quantitative estimate of drug-likeness (QED) is 0.629. The van der Waals surface area contributed by atoms with E-state index in [0.717, 1.165) is 29.2 Å². The number of nitrogens with zero attached hydrogens (tertiary/aromatic N) is 1. The van der Waals surface area contributed by atoms with Crippen LogP contribution in [0.25, 0.3) is 11.3 Å². The molecule has 11 heteroatoms. The second kappa shape index (κ2) is 7.24. The molecule has 0 saturated heterocycles. The van der Waals surface area contributed by atoms with Crippen LogP contribution in [-0.2, 0) is 16.4 Å². The Morgan fingerprint density at radius 2 is 1.93 bits per heavy atom. The standard InChI is InChI=1S/C16H13F3N2O4S2/c1-2-11-8-14(25-20-11)10-7-15(26-9-10)27(22,23)21-12-3-5-13(6-4-12)24-16(17,18)19/h3-9,21H,2H2,1H3. The molecule has 0 aliphatic rings. The largest absolute Gasteiger partial charge is 0.573 e. The predicted octanol–water partition coefficient (Wildman–Crippen LogP) is 4.66. The molecule has 1 N–H and O–H groups in total. The fourth-order valence-corrected chi connectivity index (χ4v) is 4.36. The van der Waals surface area contributed by atoms with Gasteiger partial charge in [0.25, 0.3) is 10.0 Å². The maximum atomic E-state index is 12.5. The normalized spacial score (nSPS) is 12.1. The van der Waals surface area contributed by atoms with Crippen molar-refractivity contribution in [2.75, 3.05) is 4.72 Å². The third-order valence-corrected chi connectivity index (χ3v) is 6.21. The molecule has 3 rings (SSSR count). The average Bonchev–Trinajstić information content (AvgIpc) is 3.24. The Labute approximate surface area is 156 Å². The number of benzene rings is 1. The number of ether oxygens (including phenoxy) is 1. The number of rotatable bonds is 6. The van der Waals surface area contributed by atoms with Crippen LogP contribution >= 0.6 is 11.3 Å². The molecule has 6 nitrogen and oxygen atoms in total. The Morgan fingerprint density at radius 1 is 1.22 bits per heavy atom. The second-order valence-corrected chi connectivity index (χ2v) is 8.19. The summed E-state index contributed by atoms with van der Waals surface area (Å²) in [6.45, 7) is 1.92. The lowest BCUT2D eigenvalue weighted by molar-refractivity contribution is -0.274. The number of aromatic nitrogens is 1. The van der Waals surface area contributed by atoms with Crippen molar-refractivity contribution in [3.8, 4) is 17.1 Å². The summed E-state index contributed by atoms with van der Waals surface area (Å²) < 4.78 is 72.6. The molecule has 144 valence electrons. The minimum Gasteiger partial charge on any atom is -0.406 e. The van der Waals surface area contributed by atoms with E-state index in [2.05, 4.69) is 14.6 Å². The molecule has 3 aromatic rings. The number of nitrogens with one attached hydrogen (secondary N) is 1. The summed E-state index contributed by atoms with van der Waals surface area (Å²) in [4.78, 5) is 0. The number of thiophene rings is 1. The topological polar surface area (TPSA) is 81.4 Å². The lowest BCUT2D eigenvalue weighted by Crippen LogP contribution is -2.17. The molecular formula is C16H13F3N2O4S2. The maximum absolute atomic E-state index is 12.5. The highest BCUT2D eigenvalue weighted by Gasteiger charge is 2.31. The highest BCUT2D eigenvalue weighted by molar-refractivity contribution is 7.94. The molecule has 27 heavy (non-hydrogen) atoms. The van der Waals surface area contributed by atoms with E-state index in [4.69, 9.17) is 4.52 Å². The molecule has 0 aliphatic heterocycles. The Morgan fingerprint density at radius 3 is 2.52 bits per heavy atom. The summed E-state index contributed by atoms with van der Waals surface area (Å²) >= 11 is 0.987. The number of anilines is 1. The number of hydrogen-bond donors (Lipinski definition) is 1. The Bertz CT molecular complexity index is 1020. The first-order valence-corrected chi connectivity index (χ1v) is 9.96. The molecule has 0 fully saturated rings. The van der Waals surface area contributed by atoms with Gasteiger partial charge in [0.2, 0.25) is 0 Å². The summed E-state index contributed by atoms with van der Waals surface area (Å²) in [5.74, 6) is 0.0131. The van der Waals surface area contributed by atoms with Crippen LogP contribution < -0.4 is 9.46 Å². The number of halogens is 3. The number of aryl methyl sites for hydroxylation is 1. The van der Waals surface area contributed by atoms with E-state index in [1.165, 1.54) is 18.2 Å². The first-order chi connectivity index (χ1) is 12.7. The Kier molecular flexibility index (Phi) is 5.16. The summed E-state index contributed by atoms with van der Waals surface area (Å²) in [6, 6.07) is 7.56. The molecule has 0 atom stereocenters. The van der Waals surface area contributed by atoms with Gasteiger partial charge in [-0.1, -0.05) is 12.1 Å². The van der Waals surface area contributed by atoms with E-state index in [1.807, 2.05) is 6.92 Å². The van der Waals surface area contributed by atoms with Crippen molar-refractivity contribution in [1.29, 1.82) is 0 Å². The third-order valence-electron chi connectivity index (χ3n) is 3.39. The van der Waals surface area contributed by atoms with Gasteiger partial charge in [-0.2, -0.15) is 0 Å². The van der Waals surface area contributed by atoms with Crippen LogP contribution in [0, 0.1) is 0 Å². The fraction of sp³-hybridized carbons (Fsp3) is 0.188. The van der Waals surface area contributed by atoms with Crippen LogP contribution in [0.2, 0.25) is 0 Å². The molecular weight excluding hydrogens is 405 g/mol. The average molecular weight is 418 g/mol. The van der Waals surface area contributed by atoms with Gasteiger partial charge in [0.15, 0.2) is 5.76 Å². The molecule has 0 radical (unpaired) electrons. The summed E-state index contributed by atoms with van der Waals surface area (Å²) in [5.41, 5.74) is 1.42. The molecule has 2 heterocycles. The minimum atomic E-state index is -4.81. The van der Waals surface area contributed by atoms with Crippen molar-refractivity contribution in [1.82, 2.24) is 5.16 Å². The molecule has 1 aromatic carbocycles.